The fourth-order valence-electron chi connectivity index (χ4n) is 8.61. The molecule has 4 aliphatic heterocycles. The van der Waals surface area contributed by atoms with E-state index in [0.29, 0.717) is 75.9 Å². The highest BCUT2D eigenvalue weighted by atomic mass is 16.6. The van der Waals surface area contributed by atoms with Crippen LogP contribution >= 0.6 is 0 Å². The Balaban J connectivity index is 0.000000152. The van der Waals surface area contributed by atoms with Crippen LogP contribution < -0.4 is 16.9 Å². The van der Waals surface area contributed by atoms with Gasteiger partial charge in [-0.2, -0.15) is 0 Å². The number of nitrogens with two attached hydrogens (primary N) is 1. The SMILES string of the molecule is CCC1(O)C(=O)OCc2c1cc1n(c2=O)Cc2cc3c(N)cccc3nc2-1.CC[C@@]1(O)C(=O)OCc2c1cc1n(c2=O)Cc2cc3c(CN(C)C)c(O)ccc3nc2-1. The monoisotopic (exact) mass is 784 g/mol. The number of aromatic nitrogens is 4. The van der Waals surface area contributed by atoms with E-state index in [4.69, 9.17) is 25.2 Å². The predicted molar refractivity (Wildman–Crippen MR) is 213 cm³/mol. The number of carbonyl (C=O) groups excluding carboxylic acids is 2. The number of nitrogen functional groups attached to an aromatic ring is 1. The number of hydrogen-bond donors (Lipinski definition) is 4. The van der Waals surface area contributed by atoms with E-state index in [1.807, 2.05) is 49.3 Å². The summed E-state index contributed by atoms with van der Waals surface area (Å²) in [6.45, 7) is 4.33. The summed E-state index contributed by atoms with van der Waals surface area (Å²) in [5, 5.41) is 33.9. The van der Waals surface area contributed by atoms with Gasteiger partial charge in [0.2, 0.25) is 0 Å². The molecule has 15 heteroatoms. The summed E-state index contributed by atoms with van der Waals surface area (Å²) in [6, 6.07) is 16.2. The van der Waals surface area contributed by atoms with Crippen LogP contribution in [-0.4, -0.2) is 65.4 Å². The molecule has 58 heavy (non-hydrogen) atoms. The fourth-order valence-corrected chi connectivity index (χ4v) is 8.61. The van der Waals surface area contributed by atoms with E-state index >= 15 is 0 Å². The van der Waals surface area contributed by atoms with Crippen LogP contribution in [0.1, 0.15) is 65.6 Å². The lowest BCUT2D eigenvalue weighted by atomic mass is 9.86. The van der Waals surface area contributed by atoms with Crippen LogP contribution in [0.15, 0.2) is 64.2 Å². The van der Waals surface area contributed by atoms with Crippen LogP contribution in [0, 0.1) is 0 Å². The summed E-state index contributed by atoms with van der Waals surface area (Å²) in [6.07, 6.45) is 0.225. The zero-order chi connectivity index (χ0) is 41.0. The molecule has 0 saturated carbocycles. The Hall–Kier alpha value is -6.42. The number of phenolic OH excluding ortho intramolecular Hbond substituents is 1. The van der Waals surface area contributed by atoms with Crippen LogP contribution in [0.5, 0.6) is 5.75 Å². The maximum Gasteiger partial charge on any atom is 0.343 e. The molecule has 2 aromatic carbocycles. The van der Waals surface area contributed by atoms with E-state index in [1.165, 1.54) is 0 Å². The minimum absolute atomic E-state index is 0.104. The van der Waals surface area contributed by atoms with Crippen LogP contribution in [0.2, 0.25) is 0 Å². The van der Waals surface area contributed by atoms with Gasteiger partial charge in [0, 0.05) is 50.8 Å². The Kier molecular flexibility index (Phi) is 8.37. The molecule has 0 amide bonds. The van der Waals surface area contributed by atoms with E-state index < -0.39 is 23.1 Å². The van der Waals surface area contributed by atoms with Crippen LogP contribution in [0.25, 0.3) is 44.6 Å². The second kappa shape index (κ2) is 13.1. The third kappa shape index (κ3) is 5.30. The Morgan fingerprint density at radius 1 is 0.741 bits per heavy atom. The van der Waals surface area contributed by atoms with Crippen molar-refractivity contribution in [1.82, 2.24) is 24.0 Å². The van der Waals surface area contributed by atoms with Gasteiger partial charge in [0.15, 0.2) is 11.2 Å². The molecule has 15 nitrogen and oxygen atoms in total. The fraction of sp³-hybridized carbons (Fsp3) is 0.302. The molecule has 0 bridgehead atoms. The van der Waals surface area contributed by atoms with E-state index in [2.05, 4.69) is 0 Å². The first-order valence-electron chi connectivity index (χ1n) is 19.0. The molecule has 296 valence electrons. The van der Waals surface area contributed by atoms with Crippen molar-refractivity contribution >= 4 is 39.4 Å². The molecule has 5 N–H and O–H groups in total. The standard InChI is InChI=1S/C23H23N3O5.C20H17N3O4/c1-4-23(30)16-8-18-20-12(9-26(18)21(28)15(16)11-31-22(23)29)7-13-14(10-25(2)3)19(27)6-5-17(13)24-20;1-2-20(26)13-7-16-17-10(6-11-14(21)4-3-5-15(11)22-17)8-23(16)18(24)12(13)9-27-19(20)25/h5-8,27,30H,4,9-11H2,1-3H3;3-7,26H,2,8-9,21H2,1H3/t23-;/m0./s1. The number of fused-ring (bicyclic) bond motifs is 10. The minimum Gasteiger partial charge on any atom is -0.508 e. The van der Waals surface area contributed by atoms with Gasteiger partial charge in [-0.25, -0.2) is 19.6 Å². The first-order valence-corrected chi connectivity index (χ1v) is 19.0. The summed E-state index contributed by atoms with van der Waals surface area (Å²) < 4.78 is 13.4. The Morgan fingerprint density at radius 2 is 1.24 bits per heavy atom. The van der Waals surface area contributed by atoms with Crippen LogP contribution in [0.4, 0.5) is 5.69 Å². The van der Waals surface area contributed by atoms with Gasteiger partial charge < -0.3 is 44.6 Å². The molecule has 1 unspecified atom stereocenters. The molecule has 8 heterocycles. The first-order chi connectivity index (χ1) is 27.7. The molecule has 4 aliphatic rings. The number of aromatic hydroxyl groups is 1. The number of cyclic esters (lactones) is 2. The van der Waals surface area contributed by atoms with Gasteiger partial charge in [0.05, 0.1) is 58.0 Å². The number of rotatable bonds is 4. The lowest BCUT2D eigenvalue weighted by Gasteiger charge is -2.31. The number of benzene rings is 2. The zero-order valence-corrected chi connectivity index (χ0v) is 32.3. The van der Waals surface area contributed by atoms with Gasteiger partial charge in [-0.1, -0.05) is 19.9 Å². The third-order valence-electron chi connectivity index (χ3n) is 11.8. The molecule has 0 aliphatic carbocycles. The highest BCUT2D eigenvalue weighted by molar-refractivity contribution is 5.93. The summed E-state index contributed by atoms with van der Waals surface area (Å²) in [7, 11) is 3.86. The van der Waals surface area contributed by atoms with Gasteiger partial charge in [0.25, 0.3) is 11.1 Å². The first kappa shape index (κ1) is 37.2. The van der Waals surface area contributed by atoms with Gasteiger partial charge >= 0.3 is 11.9 Å². The topological polar surface area (TPSA) is 212 Å². The maximum absolute atomic E-state index is 13.2. The number of esters is 2. The van der Waals surface area contributed by atoms with Gasteiger partial charge in [-0.15, -0.1) is 0 Å². The van der Waals surface area contributed by atoms with Crippen molar-refractivity contribution < 1.29 is 34.4 Å². The van der Waals surface area contributed by atoms with Crippen molar-refractivity contribution in [1.29, 1.82) is 0 Å². The van der Waals surface area contributed by atoms with Gasteiger partial charge in [0.1, 0.15) is 19.0 Å². The smallest absolute Gasteiger partial charge is 0.343 e. The number of hydrogen-bond acceptors (Lipinski definition) is 13. The third-order valence-corrected chi connectivity index (χ3v) is 11.8. The number of aliphatic hydroxyl groups is 2. The second-order valence-electron chi connectivity index (χ2n) is 15.5. The van der Waals surface area contributed by atoms with Crippen molar-refractivity contribution in [3.8, 4) is 28.5 Å². The van der Waals surface area contributed by atoms with Crippen LogP contribution in [-0.2, 0) is 63.1 Å². The van der Waals surface area contributed by atoms with Crippen molar-refractivity contribution in [3.63, 3.8) is 0 Å². The van der Waals surface area contributed by atoms with Crippen molar-refractivity contribution in [2.45, 2.75) is 70.7 Å². The lowest BCUT2D eigenvalue weighted by molar-refractivity contribution is -0.172. The quantitative estimate of drug-likeness (QED) is 0.149. The maximum atomic E-state index is 13.2. The van der Waals surface area contributed by atoms with E-state index in [9.17, 15) is 34.5 Å². The second-order valence-corrected chi connectivity index (χ2v) is 15.5. The van der Waals surface area contributed by atoms with E-state index in [0.717, 1.165) is 33.0 Å². The number of carbonyl (C=O) groups is 2. The Morgan fingerprint density at radius 3 is 1.74 bits per heavy atom. The average Bonchev–Trinajstić information content (AvgIpc) is 3.76. The number of nitrogens with zero attached hydrogens (tertiary/aromatic N) is 5. The van der Waals surface area contributed by atoms with Crippen molar-refractivity contribution in [2.24, 2.45) is 0 Å². The Labute approximate surface area is 330 Å². The molecule has 0 fully saturated rings. The minimum atomic E-state index is -1.84. The summed E-state index contributed by atoms with van der Waals surface area (Å²) >= 11 is 0. The number of ether oxygens (including phenoxy) is 2. The molecule has 10 rings (SSSR count). The Bertz CT molecular complexity index is 2940. The normalized spacial score (nSPS) is 19.7. The molecular formula is C43H40N6O9. The summed E-state index contributed by atoms with van der Waals surface area (Å²) in [4.78, 5) is 62.2. The largest absolute Gasteiger partial charge is 0.508 e. The molecule has 0 spiro atoms. The highest BCUT2D eigenvalue weighted by Crippen LogP contribution is 2.41. The number of pyridine rings is 4. The number of anilines is 1. The highest BCUT2D eigenvalue weighted by Gasteiger charge is 2.46. The predicted octanol–water partition coefficient (Wildman–Crippen LogP) is 3.51. The lowest BCUT2D eigenvalue weighted by Crippen LogP contribution is -2.44. The number of phenols is 1. The van der Waals surface area contributed by atoms with Crippen molar-refractivity contribution in [2.75, 3.05) is 19.8 Å². The zero-order valence-electron chi connectivity index (χ0n) is 32.3. The average molecular weight is 785 g/mol. The molecule has 4 aromatic heterocycles. The van der Waals surface area contributed by atoms with Crippen LogP contribution in [0.3, 0.4) is 0 Å². The summed E-state index contributed by atoms with van der Waals surface area (Å²) in [5.74, 6) is -1.26. The van der Waals surface area contributed by atoms with E-state index in [-0.39, 0.29) is 42.9 Å². The molecular weight excluding hydrogens is 745 g/mol. The summed E-state index contributed by atoms with van der Waals surface area (Å²) in [5.41, 5.74) is 10.2. The molecule has 6 aromatic rings. The van der Waals surface area contributed by atoms with Gasteiger partial charge in [-0.3, -0.25) is 9.59 Å². The molecule has 2 atom stereocenters. The molecule has 0 saturated heterocycles. The van der Waals surface area contributed by atoms with Crippen molar-refractivity contribution in [3.05, 3.63) is 114 Å². The molecule has 0 radical (unpaired) electrons. The van der Waals surface area contributed by atoms with Gasteiger partial charge in [-0.05, 0) is 75.5 Å². The van der Waals surface area contributed by atoms with E-state index in [1.54, 1.807) is 47.2 Å².